The molecule has 3 rings (SSSR count). The topological polar surface area (TPSA) is 49.3 Å². The number of aliphatic hydroxyl groups is 1. The predicted octanol–water partition coefficient (Wildman–Crippen LogP) is 3.70. The van der Waals surface area contributed by atoms with Gasteiger partial charge < -0.3 is 10.4 Å². The monoisotopic (exact) mass is 329 g/mol. The second kappa shape index (κ2) is 8.66. The molecule has 0 heterocycles. The average molecular weight is 329 g/mol. The molecule has 0 spiro atoms. The van der Waals surface area contributed by atoms with Gasteiger partial charge in [0.25, 0.3) is 0 Å². The highest BCUT2D eigenvalue weighted by molar-refractivity contribution is 5.79. The maximum atomic E-state index is 12.8. The molecular formula is C21H31NO2. The number of carbonyl (C=O) groups is 1. The number of amides is 1. The minimum absolute atomic E-state index is 0.0361. The van der Waals surface area contributed by atoms with Crippen LogP contribution in [0.5, 0.6) is 0 Å². The van der Waals surface area contributed by atoms with Gasteiger partial charge in [-0.2, -0.15) is 0 Å². The molecule has 1 amide bonds. The molecule has 2 saturated carbocycles. The lowest BCUT2D eigenvalue weighted by Crippen LogP contribution is -2.43. The Balaban J connectivity index is 1.55. The van der Waals surface area contributed by atoms with Gasteiger partial charge >= 0.3 is 0 Å². The fourth-order valence-electron chi connectivity index (χ4n) is 4.71. The molecule has 0 radical (unpaired) electrons. The van der Waals surface area contributed by atoms with Gasteiger partial charge in [-0.15, -0.1) is 0 Å². The lowest BCUT2D eigenvalue weighted by atomic mass is 9.67. The van der Waals surface area contributed by atoms with E-state index in [0.29, 0.717) is 6.42 Å². The summed E-state index contributed by atoms with van der Waals surface area (Å²) < 4.78 is 0. The zero-order valence-corrected chi connectivity index (χ0v) is 14.6. The van der Waals surface area contributed by atoms with E-state index in [1.165, 1.54) is 37.7 Å². The van der Waals surface area contributed by atoms with Crippen LogP contribution in [0.4, 0.5) is 0 Å². The van der Waals surface area contributed by atoms with Crippen LogP contribution in [0.15, 0.2) is 30.3 Å². The third-order valence-electron chi connectivity index (χ3n) is 6.06. The Kier molecular flexibility index (Phi) is 6.30. The first kappa shape index (κ1) is 17.5. The van der Waals surface area contributed by atoms with Crippen molar-refractivity contribution in [1.29, 1.82) is 0 Å². The molecule has 2 fully saturated rings. The Bertz CT molecular complexity index is 516. The minimum Gasteiger partial charge on any atom is -0.396 e. The van der Waals surface area contributed by atoms with E-state index in [-0.39, 0.29) is 24.5 Å². The Hall–Kier alpha value is -1.35. The first-order valence-corrected chi connectivity index (χ1v) is 9.71. The molecule has 0 bridgehead atoms. The average Bonchev–Trinajstić information content (AvgIpc) is 2.62. The Labute approximate surface area is 145 Å². The summed E-state index contributed by atoms with van der Waals surface area (Å²) in [6.45, 7) is 0.118. The molecule has 3 nitrogen and oxygen atoms in total. The summed E-state index contributed by atoms with van der Waals surface area (Å²) in [5.41, 5.74) is 1.22. The molecule has 132 valence electrons. The molecule has 24 heavy (non-hydrogen) atoms. The zero-order valence-electron chi connectivity index (χ0n) is 14.6. The van der Waals surface area contributed by atoms with Gasteiger partial charge in [0.2, 0.25) is 5.91 Å². The van der Waals surface area contributed by atoms with Gasteiger partial charge in [0.05, 0.1) is 0 Å². The van der Waals surface area contributed by atoms with E-state index in [9.17, 15) is 9.90 Å². The molecule has 2 N–H and O–H groups in total. The van der Waals surface area contributed by atoms with Crippen LogP contribution in [0, 0.1) is 17.8 Å². The predicted molar refractivity (Wildman–Crippen MR) is 96.6 cm³/mol. The molecule has 1 aromatic rings. The lowest BCUT2D eigenvalue weighted by Gasteiger charge is -2.39. The van der Waals surface area contributed by atoms with Gasteiger partial charge in [-0.3, -0.25) is 4.79 Å². The third-order valence-corrected chi connectivity index (χ3v) is 6.06. The zero-order chi connectivity index (χ0) is 16.8. The van der Waals surface area contributed by atoms with Crippen molar-refractivity contribution in [3.63, 3.8) is 0 Å². The van der Waals surface area contributed by atoms with Crippen molar-refractivity contribution in [2.24, 2.45) is 17.8 Å². The Morgan fingerprint density at radius 2 is 1.83 bits per heavy atom. The first-order chi connectivity index (χ1) is 11.8. The molecule has 3 heteroatoms. The van der Waals surface area contributed by atoms with Crippen LogP contribution in [0.25, 0.3) is 0 Å². The lowest BCUT2D eigenvalue weighted by molar-refractivity contribution is -0.128. The fourth-order valence-corrected chi connectivity index (χ4v) is 4.71. The molecule has 2 aliphatic rings. The highest BCUT2D eigenvalue weighted by atomic mass is 16.3. The quantitative estimate of drug-likeness (QED) is 0.836. The van der Waals surface area contributed by atoms with E-state index >= 15 is 0 Å². The normalized spacial score (nSPS) is 28.0. The molecule has 4 atom stereocenters. The summed E-state index contributed by atoms with van der Waals surface area (Å²) in [5.74, 6) is 2.05. The largest absolute Gasteiger partial charge is 0.396 e. The molecular weight excluding hydrogens is 298 g/mol. The van der Waals surface area contributed by atoms with Crippen LogP contribution in [-0.2, 0) is 11.2 Å². The van der Waals surface area contributed by atoms with Gasteiger partial charge in [-0.05, 0) is 49.5 Å². The summed E-state index contributed by atoms with van der Waals surface area (Å²) >= 11 is 0. The molecule has 1 aromatic carbocycles. The maximum absolute atomic E-state index is 12.8. The smallest absolute Gasteiger partial charge is 0.223 e. The molecule has 2 aliphatic carbocycles. The van der Waals surface area contributed by atoms with Gasteiger partial charge in [0, 0.05) is 18.6 Å². The van der Waals surface area contributed by atoms with Gasteiger partial charge in [-0.1, -0.05) is 56.0 Å². The molecule has 0 unspecified atom stereocenters. The third kappa shape index (κ3) is 4.60. The number of rotatable bonds is 6. The number of hydrogen-bond donors (Lipinski definition) is 2. The summed E-state index contributed by atoms with van der Waals surface area (Å²) in [6.07, 6.45) is 10.2. The van der Waals surface area contributed by atoms with E-state index in [2.05, 4.69) is 17.4 Å². The van der Waals surface area contributed by atoms with Gasteiger partial charge in [-0.25, -0.2) is 0 Å². The second-order valence-electron chi connectivity index (χ2n) is 7.72. The van der Waals surface area contributed by atoms with Crippen LogP contribution < -0.4 is 5.32 Å². The van der Waals surface area contributed by atoms with Gasteiger partial charge in [0.1, 0.15) is 0 Å². The Morgan fingerprint density at radius 3 is 2.58 bits per heavy atom. The molecule has 0 aromatic heterocycles. The van der Waals surface area contributed by atoms with Crippen molar-refractivity contribution in [1.82, 2.24) is 5.32 Å². The van der Waals surface area contributed by atoms with E-state index in [0.717, 1.165) is 31.1 Å². The summed E-state index contributed by atoms with van der Waals surface area (Å²) in [6, 6.07) is 10.3. The van der Waals surface area contributed by atoms with E-state index in [4.69, 9.17) is 0 Å². The molecule has 0 saturated heterocycles. The van der Waals surface area contributed by atoms with E-state index in [1.807, 2.05) is 18.2 Å². The number of carbonyl (C=O) groups excluding carboxylic acids is 1. The first-order valence-electron chi connectivity index (χ1n) is 9.71. The fraction of sp³-hybridized carbons (Fsp3) is 0.667. The van der Waals surface area contributed by atoms with E-state index < -0.39 is 0 Å². The SMILES string of the molecule is O=C(N[C@H](CCO)Cc1ccccc1)[C@@H]1CC[C@H]2CCCC[C@H]2C1. The van der Waals surface area contributed by atoms with Crippen molar-refractivity contribution < 1.29 is 9.90 Å². The van der Waals surface area contributed by atoms with Crippen LogP contribution >= 0.6 is 0 Å². The standard InChI is InChI=1S/C21H31NO2/c23-13-12-20(14-16-6-2-1-3-7-16)22-21(24)19-11-10-17-8-4-5-9-18(17)15-19/h1-3,6-7,17-20,23H,4-5,8-15H2,(H,22,24)/t17-,18+,19-,20-/m1/s1. The number of hydrogen-bond acceptors (Lipinski definition) is 2. The van der Waals surface area contributed by atoms with Crippen molar-refractivity contribution in [2.75, 3.05) is 6.61 Å². The number of fused-ring (bicyclic) bond motifs is 1. The Morgan fingerprint density at radius 1 is 1.08 bits per heavy atom. The van der Waals surface area contributed by atoms with Crippen molar-refractivity contribution in [3.05, 3.63) is 35.9 Å². The minimum atomic E-state index is 0.0361. The second-order valence-corrected chi connectivity index (χ2v) is 7.72. The van der Waals surface area contributed by atoms with Gasteiger partial charge in [0.15, 0.2) is 0 Å². The van der Waals surface area contributed by atoms with E-state index in [1.54, 1.807) is 0 Å². The summed E-state index contributed by atoms with van der Waals surface area (Å²) in [5, 5.41) is 12.6. The number of benzene rings is 1. The number of nitrogens with one attached hydrogen (secondary N) is 1. The van der Waals surface area contributed by atoms with Crippen LogP contribution in [0.1, 0.15) is 56.9 Å². The highest BCUT2D eigenvalue weighted by Crippen LogP contribution is 2.42. The van der Waals surface area contributed by atoms with Crippen LogP contribution in [-0.4, -0.2) is 23.7 Å². The van der Waals surface area contributed by atoms with Crippen molar-refractivity contribution >= 4 is 5.91 Å². The summed E-state index contributed by atoms with van der Waals surface area (Å²) in [7, 11) is 0. The molecule has 0 aliphatic heterocycles. The summed E-state index contributed by atoms with van der Waals surface area (Å²) in [4.78, 5) is 12.8. The van der Waals surface area contributed by atoms with Crippen molar-refractivity contribution in [3.8, 4) is 0 Å². The highest BCUT2D eigenvalue weighted by Gasteiger charge is 2.35. The van der Waals surface area contributed by atoms with Crippen LogP contribution in [0.2, 0.25) is 0 Å². The number of aliphatic hydroxyl groups excluding tert-OH is 1. The van der Waals surface area contributed by atoms with Crippen molar-refractivity contribution in [2.45, 2.75) is 63.8 Å². The maximum Gasteiger partial charge on any atom is 0.223 e. The van der Waals surface area contributed by atoms with Crippen LogP contribution in [0.3, 0.4) is 0 Å².